The lowest BCUT2D eigenvalue weighted by molar-refractivity contribution is -0.147. The third-order valence-electron chi connectivity index (χ3n) is 2.65. The van der Waals surface area contributed by atoms with Crippen molar-refractivity contribution in [3.63, 3.8) is 0 Å². The second-order valence-electron chi connectivity index (χ2n) is 3.50. The van der Waals surface area contributed by atoms with E-state index in [0.717, 1.165) is 12.8 Å². The van der Waals surface area contributed by atoms with Gasteiger partial charge in [-0.15, -0.1) is 0 Å². The largest absolute Gasteiger partial charge is 0.480 e. The molecule has 1 atom stereocenters. The van der Waals surface area contributed by atoms with E-state index in [0.29, 0.717) is 19.3 Å². The maximum Gasteiger partial charge on any atom is 0.329 e. The number of hydrogen-bond acceptors (Lipinski definition) is 2. The Bertz CT molecular complexity index is 227. The average Bonchev–Trinajstić information content (AvgIpc) is 2.27. The summed E-state index contributed by atoms with van der Waals surface area (Å²) in [6, 6.07) is 0. The minimum Gasteiger partial charge on any atom is -0.480 e. The van der Waals surface area contributed by atoms with Gasteiger partial charge in [0, 0.05) is 6.42 Å². The van der Waals surface area contributed by atoms with Gasteiger partial charge in [-0.3, -0.25) is 4.79 Å². The van der Waals surface area contributed by atoms with Crippen molar-refractivity contribution in [2.45, 2.75) is 44.6 Å². The molecule has 2 N–H and O–H groups in total. The van der Waals surface area contributed by atoms with Crippen LogP contribution in [-0.4, -0.2) is 22.5 Å². The molecule has 1 saturated heterocycles. The summed E-state index contributed by atoms with van der Waals surface area (Å²) in [5.74, 6) is -1.05. The summed E-state index contributed by atoms with van der Waals surface area (Å²) in [5, 5.41) is 11.6. The highest BCUT2D eigenvalue weighted by atomic mass is 16.4. The lowest BCUT2D eigenvalue weighted by Gasteiger charge is -2.27. The minimum absolute atomic E-state index is 0.137. The van der Waals surface area contributed by atoms with Crippen molar-refractivity contribution in [1.29, 1.82) is 0 Å². The molecule has 1 heterocycles. The molecule has 0 aromatic heterocycles. The van der Waals surface area contributed by atoms with Gasteiger partial charge in [-0.2, -0.15) is 0 Å². The molecule has 13 heavy (non-hydrogen) atoms. The number of carboxylic acids is 1. The van der Waals surface area contributed by atoms with Crippen LogP contribution in [0.1, 0.15) is 39.0 Å². The Morgan fingerprint density at radius 1 is 1.62 bits per heavy atom. The number of carbonyl (C=O) groups is 2. The van der Waals surface area contributed by atoms with Crippen LogP contribution in [-0.2, 0) is 9.59 Å². The van der Waals surface area contributed by atoms with Gasteiger partial charge >= 0.3 is 5.97 Å². The monoisotopic (exact) mass is 185 g/mol. The molecular weight excluding hydrogens is 170 g/mol. The fourth-order valence-corrected chi connectivity index (χ4v) is 1.68. The van der Waals surface area contributed by atoms with Gasteiger partial charge in [-0.05, 0) is 25.7 Å². The highest BCUT2D eigenvalue weighted by Gasteiger charge is 2.38. The molecule has 1 rings (SSSR count). The zero-order valence-electron chi connectivity index (χ0n) is 7.80. The van der Waals surface area contributed by atoms with Crippen LogP contribution in [0.15, 0.2) is 0 Å². The Balaban J connectivity index is 2.82. The zero-order chi connectivity index (χ0) is 9.90. The molecule has 0 saturated carbocycles. The van der Waals surface area contributed by atoms with Gasteiger partial charge in [-0.1, -0.05) is 6.92 Å². The molecule has 0 aromatic rings. The topological polar surface area (TPSA) is 66.4 Å². The summed E-state index contributed by atoms with van der Waals surface area (Å²) in [5.41, 5.74) is -1.01. The smallest absolute Gasteiger partial charge is 0.329 e. The number of hydrogen-bond donors (Lipinski definition) is 2. The van der Waals surface area contributed by atoms with E-state index in [1.807, 2.05) is 0 Å². The molecule has 1 unspecified atom stereocenters. The van der Waals surface area contributed by atoms with Gasteiger partial charge < -0.3 is 10.4 Å². The maximum absolute atomic E-state index is 11.2. The van der Waals surface area contributed by atoms with Crippen LogP contribution in [0.4, 0.5) is 0 Å². The van der Waals surface area contributed by atoms with Crippen molar-refractivity contribution in [3.05, 3.63) is 0 Å². The van der Waals surface area contributed by atoms with E-state index >= 15 is 0 Å². The Morgan fingerprint density at radius 2 is 2.31 bits per heavy atom. The third kappa shape index (κ3) is 1.99. The van der Waals surface area contributed by atoms with E-state index in [1.165, 1.54) is 0 Å². The fraction of sp³-hybridized carbons (Fsp3) is 0.778. The predicted molar refractivity (Wildman–Crippen MR) is 47.3 cm³/mol. The molecule has 4 heteroatoms. The minimum atomic E-state index is -1.01. The molecule has 4 nitrogen and oxygen atoms in total. The van der Waals surface area contributed by atoms with Crippen LogP contribution in [0.3, 0.4) is 0 Å². The van der Waals surface area contributed by atoms with E-state index in [4.69, 9.17) is 5.11 Å². The maximum atomic E-state index is 11.2. The molecule has 0 aromatic carbocycles. The summed E-state index contributed by atoms with van der Waals surface area (Å²) < 4.78 is 0. The van der Waals surface area contributed by atoms with Gasteiger partial charge in [0.1, 0.15) is 5.54 Å². The molecule has 1 fully saturated rings. The quantitative estimate of drug-likeness (QED) is 0.672. The lowest BCUT2D eigenvalue weighted by atomic mass is 9.91. The van der Waals surface area contributed by atoms with E-state index in [-0.39, 0.29) is 5.91 Å². The molecule has 0 spiro atoms. The first kappa shape index (κ1) is 10.0. The summed E-state index contributed by atoms with van der Waals surface area (Å²) in [6.07, 6.45) is 3.05. The zero-order valence-corrected chi connectivity index (χ0v) is 7.80. The van der Waals surface area contributed by atoms with Crippen LogP contribution < -0.4 is 5.32 Å². The summed E-state index contributed by atoms with van der Waals surface area (Å²) in [6.45, 7) is 1.79. The molecule has 1 aliphatic rings. The van der Waals surface area contributed by atoms with Crippen LogP contribution in [0, 0.1) is 0 Å². The SMILES string of the molecule is CCC1(C(=O)O)CCCCC(=O)N1. The number of aliphatic carboxylic acids is 1. The van der Waals surface area contributed by atoms with E-state index in [2.05, 4.69) is 5.32 Å². The molecule has 0 radical (unpaired) electrons. The second kappa shape index (κ2) is 3.77. The Morgan fingerprint density at radius 3 is 2.85 bits per heavy atom. The summed E-state index contributed by atoms with van der Waals surface area (Å²) >= 11 is 0. The lowest BCUT2D eigenvalue weighted by Crippen LogP contribution is -2.53. The van der Waals surface area contributed by atoms with Crippen molar-refractivity contribution in [2.75, 3.05) is 0 Å². The van der Waals surface area contributed by atoms with Gasteiger partial charge in [0.15, 0.2) is 0 Å². The van der Waals surface area contributed by atoms with Crippen LogP contribution in [0.25, 0.3) is 0 Å². The number of rotatable bonds is 2. The number of nitrogens with one attached hydrogen (secondary N) is 1. The van der Waals surface area contributed by atoms with Crippen LogP contribution in [0.2, 0.25) is 0 Å². The number of carboxylic acid groups (broad SMARTS) is 1. The molecule has 1 aliphatic heterocycles. The third-order valence-corrected chi connectivity index (χ3v) is 2.65. The van der Waals surface area contributed by atoms with Gasteiger partial charge in [0.2, 0.25) is 5.91 Å². The predicted octanol–water partition coefficient (Wildman–Crippen LogP) is 0.910. The van der Waals surface area contributed by atoms with Crippen molar-refractivity contribution in [3.8, 4) is 0 Å². The Labute approximate surface area is 77.3 Å². The van der Waals surface area contributed by atoms with Crippen molar-refractivity contribution < 1.29 is 14.7 Å². The van der Waals surface area contributed by atoms with Crippen molar-refractivity contribution in [2.24, 2.45) is 0 Å². The highest BCUT2D eigenvalue weighted by molar-refractivity contribution is 5.87. The van der Waals surface area contributed by atoms with E-state index in [9.17, 15) is 9.59 Å². The normalized spacial score (nSPS) is 29.2. The first-order valence-corrected chi connectivity index (χ1v) is 4.65. The second-order valence-corrected chi connectivity index (χ2v) is 3.50. The Kier molecular flexibility index (Phi) is 2.90. The van der Waals surface area contributed by atoms with Crippen LogP contribution >= 0.6 is 0 Å². The molecule has 0 aliphatic carbocycles. The summed E-state index contributed by atoms with van der Waals surface area (Å²) in [4.78, 5) is 22.2. The standard InChI is InChI=1S/C9H15NO3/c1-2-9(8(12)13)6-4-3-5-7(11)10-9/h2-6H2,1H3,(H,10,11)(H,12,13). The van der Waals surface area contributed by atoms with Gasteiger partial charge in [-0.25, -0.2) is 4.79 Å². The van der Waals surface area contributed by atoms with Gasteiger partial charge in [0.25, 0.3) is 0 Å². The first-order chi connectivity index (χ1) is 6.10. The highest BCUT2D eigenvalue weighted by Crippen LogP contribution is 2.22. The molecule has 0 bridgehead atoms. The van der Waals surface area contributed by atoms with Crippen molar-refractivity contribution >= 4 is 11.9 Å². The first-order valence-electron chi connectivity index (χ1n) is 4.65. The molecule has 1 amide bonds. The van der Waals surface area contributed by atoms with Gasteiger partial charge in [0.05, 0.1) is 0 Å². The number of carbonyl (C=O) groups excluding carboxylic acids is 1. The van der Waals surface area contributed by atoms with E-state index < -0.39 is 11.5 Å². The van der Waals surface area contributed by atoms with Crippen molar-refractivity contribution in [1.82, 2.24) is 5.32 Å². The van der Waals surface area contributed by atoms with Crippen LogP contribution in [0.5, 0.6) is 0 Å². The average molecular weight is 185 g/mol. The molecular formula is C9H15NO3. The fourth-order valence-electron chi connectivity index (χ4n) is 1.68. The Hall–Kier alpha value is -1.06. The van der Waals surface area contributed by atoms with E-state index in [1.54, 1.807) is 6.92 Å². The summed E-state index contributed by atoms with van der Waals surface area (Å²) in [7, 11) is 0. The molecule has 74 valence electrons. The number of amides is 1.